The van der Waals surface area contributed by atoms with E-state index in [-0.39, 0.29) is 10.6 Å². The molecule has 2 N–H and O–H groups in total. The summed E-state index contributed by atoms with van der Waals surface area (Å²) in [5.41, 5.74) is 0.935. The monoisotopic (exact) mass is 251 g/mol. The second-order valence-electron chi connectivity index (χ2n) is 3.59. The van der Waals surface area contributed by atoms with E-state index in [4.69, 9.17) is 23.1 Å². The highest BCUT2D eigenvalue weighted by atomic mass is 35.5. The third-order valence-corrected chi connectivity index (χ3v) is 2.59. The molecule has 1 rings (SSSR count). The summed E-state index contributed by atoms with van der Waals surface area (Å²) in [5, 5.41) is 12.2. The van der Waals surface area contributed by atoms with Crippen LogP contribution in [0.25, 0.3) is 0 Å². The smallest absolute Gasteiger partial charge is 0.337 e. The predicted octanol–water partition coefficient (Wildman–Crippen LogP) is 3.25. The summed E-state index contributed by atoms with van der Waals surface area (Å²) >= 11 is 5.84. The van der Waals surface area contributed by atoms with Gasteiger partial charge in [-0.25, -0.2) is 4.79 Å². The lowest BCUT2D eigenvalue weighted by Gasteiger charge is -2.07. The first kappa shape index (κ1) is 13.4. The Kier molecular flexibility index (Phi) is 5.38. The van der Waals surface area contributed by atoms with Crippen LogP contribution in [0.15, 0.2) is 18.2 Å². The Morgan fingerprint density at radius 1 is 1.47 bits per heavy atom. The fourth-order valence-corrected chi connectivity index (χ4v) is 1.64. The summed E-state index contributed by atoms with van der Waals surface area (Å²) in [6.07, 6.45) is 7.87. The Labute approximate surface area is 106 Å². The largest absolute Gasteiger partial charge is 0.478 e. The first-order valence-corrected chi connectivity index (χ1v) is 5.73. The minimum absolute atomic E-state index is 0.115. The Hall–Kier alpha value is -1.66. The first-order chi connectivity index (χ1) is 8.15. The number of nitrogens with one attached hydrogen (secondary N) is 1. The number of unbranched alkanes of at least 4 members (excludes halogenated alkanes) is 2. The molecule has 0 fully saturated rings. The van der Waals surface area contributed by atoms with Crippen LogP contribution in [-0.4, -0.2) is 17.6 Å². The van der Waals surface area contributed by atoms with Crippen LogP contribution in [-0.2, 0) is 0 Å². The van der Waals surface area contributed by atoms with Gasteiger partial charge in [-0.05, 0) is 31.0 Å². The van der Waals surface area contributed by atoms with Crippen molar-refractivity contribution in [1.82, 2.24) is 0 Å². The second-order valence-corrected chi connectivity index (χ2v) is 3.99. The molecular formula is C13H14ClNO2. The molecule has 0 aliphatic heterocycles. The Bertz CT molecular complexity index is 438. The Morgan fingerprint density at radius 3 is 2.82 bits per heavy atom. The van der Waals surface area contributed by atoms with Gasteiger partial charge in [-0.1, -0.05) is 11.6 Å². The zero-order valence-corrected chi connectivity index (χ0v) is 10.1. The lowest BCUT2D eigenvalue weighted by Crippen LogP contribution is -2.03. The fourth-order valence-electron chi connectivity index (χ4n) is 1.38. The molecule has 0 aromatic heterocycles. The summed E-state index contributed by atoms with van der Waals surface area (Å²) in [5.74, 6) is 1.56. The van der Waals surface area contributed by atoms with E-state index in [1.807, 2.05) is 0 Å². The topological polar surface area (TPSA) is 49.3 Å². The van der Waals surface area contributed by atoms with Crippen LogP contribution >= 0.6 is 11.6 Å². The SMILES string of the molecule is C#CCCCCNc1ccc(C(=O)O)c(Cl)c1. The molecular weight excluding hydrogens is 238 g/mol. The van der Waals surface area contributed by atoms with Gasteiger partial charge in [-0.3, -0.25) is 0 Å². The maximum absolute atomic E-state index is 10.7. The molecule has 0 aliphatic rings. The van der Waals surface area contributed by atoms with Gasteiger partial charge in [0.25, 0.3) is 0 Å². The number of carboxylic acids is 1. The summed E-state index contributed by atoms with van der Waals surface area (Å²) < 4.78 is 0. The van der Waals surface area contributed by atoms with Crippen molar-refractivity contribution in [1.29, 1.82) is 0 Å². The third-order valence-electron chi connectivity index (χ3n) is 2.28. The molecule has 0 saturated heterocycles. The molecule has 0 radical (unpaired) electrons. The summed E-state index contributed by atoms with van der Waals surface area (Å²) in [6, 6.07) is 4.82. The van der Waals surface area contributed by atoms with Gasteiger partial charge in [0, 0.05) is 18.7 Å². The maximum Gasteiger partial charge on any atom is 0.337 e. The highest BCUT2D eigenvalue weighted by Crippen LogP contribution is 2.20. The number of rotatable bonds is 6. The second kappa shape index (κ2) is 6.82. The number of halogens is 1. The molecule has 0 atom stereocenters. The number of benzene rings is 1. The van der Waals surface area contributed by atoms with Gasteiger partial charge in [0.1, 0.15) is 0 Å². The molecule has 0 aliphatic carbocycles. The molecule has 4 heteroatoms. The van der Waals surface area contributed by atoms with Gasteiger partial charge in [-0.2, -0.15) is 0 Å². The normalized spacial score (nSPS) is 9.65. The number of anilines is 1. The van der Waals surface area contributed by atoms with E-state index in [0.717, 1.165) is 31.5 Å². The zero-order chi connectivity index (χ0) is 12.7. The quantitative estimate of drug-likeness (QED) is 0.603. The van der Waals surface area contributed by atoms with Crippen LogP contribution in [0, 0.1) is 12.3 Å². The molecule has 90 valence electrons. The molecule has 0 amide bonds. The van der Waals surface area contributed by atoms with Crippen molar-refractivity contribution in [2.45, 2.75) is 19.3 Å². The highest BCUT2D eigenvalue weighted by Gasteiger charge is 2.08. The van der Waals surface area contributed by atoms with E-state index in [0.29, 0.717) is 0 Å². The van der Waals surface area contributed by atoms with Crippen LogP contribution in [0.4, 0.5) is 5.69 Å². The fraction of sp³-hybridized carbons (Fsp3) is 0.308. The number of hydrogen-bond acceptors (Lipinski definition) is 2. The minimum Gasteiger partial charge on any atom is -0.478 e. The van der Waals surface area contributed by atoms with Gasteiger partial charge < -0.3 is 10.4 Å². The van der Waals surface area contributed by atoms with E-state index in [1.54, 1.807) is 12.1 Å². The third kappa shape index (κ3) is 4.38. The molecule has 1 aromatic rings. The van der Waals surface area contributed by atoms with Crippen molar-refractivity contribution in [3.05, 3.63) is 28.8 Å². The lowest BCUT2D eigenvalue weighted by molar-refractivity contribution is 0.0697. The van der Waals surface area contributed by atoms with Gasteiger partial charge in [0.2, 0.25) is 0 Å². The van der Waals surface area contributed by atoms with E-state index in [2.05, 4.69) is 11.2 Å². The van der Waals surface area contributed by atoms with Crippen molar-refractivity contribution < 1.29 is 9.90 Å². The van der Waals surface area contributed by atoms with Crippen LogP contribution < -0.4 is 5.32 Å². The number of carboxylic acid groups (broad SMARTS) is 1. The molecule has 0 spiro atoms. The van der Waals surface area contributed by atoms with Crippen LogP contribution in [0.5, 0.6) is 0 Å². The van der Waals surface area contributed by atoms with Crippen LogP contribution in [0.3, 0.4) is 0 Å². The van der Waals surface area contributed by atoms with Gasteiger partial charge in [-0.15, -0.1) is 12.3 Å². The molecule has 0 heterocycles. The Balaban J connectivity index is 2.48. The van der Waals surface area contributed by atoms with Crippen molar-refractivity contribution in [3.8, 4) is 12.3 Å². The summed E-state index contributed by atoms with van der Waals surface area (Å²) in [6.45, 7) is 0.796. The standard InChI is InChI=1S/C13H14ClNO2/c1-2-3-4-5-8-15-10-6-7-11(13(16)17)12(14)9-10/h1,6-7,9,15H,3-5,8H2,(H,16,17). The average Bonchev–Trinajstić information content (AvgIpc) is 2.28. The molecule has 17 heavy (non-hydrogen) atoms. The molecule has 0 saturated carbocycles. The van der Waals surface area contributed by atoms with E-state index >= 15 is 0 Å². The molecule has 0 bridgehead atoms. The van der Waals surface area contributed by atoms with Gasteiger partial charge in [0.15, 0.2) is 0 Å². The highest BCUT2D eigenvalue weighted by molar-refractivity contribution is 6.33. The zero-order valence-electron chi connectivity index (χ0n) is 9.37. The van der Waals surface area contributed by atoms with Gasteiger partial charge >= 0.3 is 5.97 Å². The molecule has 0 unspecified atom stereocenters. The lowest BCUT2D eigenvalue weighted by atomic mass is 10.2. The minimum atomic E-state index is -1.02. The predicted molar refractivity (Wildman–Crippen MR) is 69.6 cm³/mol. The van der Waals surface area contributed by atoms with E-state index in [9.17, 15) is 4.79 Å². The van der Waals surface area contributed by atoms with E-state index in [1.165, 1.54) is 6.07 Å². The number of carbonyl (C=O) groups is 1. The van der Waals surface area contributed by atoms with Crippen molar-refractivity contribution >= 4 is 23.3 Å². The van der Waals surface area contributed by atoms with Gasteiger partial charge in [0.05, 0.1) is 10.6 Å². The van der Waals surface area contributed by atoms with Crippen LogP contribution in [0.1, 0.15) is 29.6 Å². The Morgan fingerprint density at radius 2 is 2.24 bits per heavy atom. The number of terminal acetylenes is 1. The van der Waals surface area contributed by atoms with Crippen molar-refractivity contribution in [2.75, 3.05) is 11.9 Å². The summed E-state index contributed by atoms with van der Waals surface area (Å²) in [4.78, 5) is 10.7. The summed E-state index contributed by atoms with van der Waals surface area (Å²) in [7, 11) is 0. The average molecular weight is 252 g/mol. The molecule has 1 aromatic carbocycles. The maximum atomic E-state index is 10.7. The van der Waals surface area contributed by atoms with Crippen molar-refractivity contribution in [2.24, 2.45) is 0 Å². The van der Waals surface area contributed by atoms with Crippen molar-refractivity contribution in [3.63, 3.8) is 0 Å². The molecule has 3 nitrogen and oxygen atoms in total. The first-order valence-electron chi connectivity index (χ1n) is 5.35. The number of hydrogen-bond donors (Lipinski definition) is 2. The van der Waals surface area contributed by atoms with Crippen LogP contribution in [0.2, 0.25) is 5.02 Å². The van der Waals surface area contributed by atoms with E-state index < -0.39 is 5.97 Å². The number of aromatic carboxylic acids is 1.